The van der Waals surface area contributed by atoms with Crippen LogP contribution in [0.2, 0.25) is 0 Å². The van der Waals surface area contributed by atoms with Crippen LogP contribution in [0, 0.1) is 6.92 Å². The third-order valence-corrected chi connectivity index (χ3v) is 5.66. The second kappa shape index (κ2) is 6.01. The van der Waals surface area contributed by atoms with Gasteiger partial charge in [0.2, 0.25) is 0 Å². The van der Waals surface area contributed by atoms with Gasteiger partial charge in [-0.05, 0) is 39.2 Å². The number of hydrogen-bond acceptors (Lipinski definition) is 6. The molecule has 4 heterocycles. The molecule has 0 N–H and O–H groups in total. The lowest BCUT2D eigenvalue weighted by Crippen LogP contribution is -2.22. The SMILES string of the molecule is Cc1cc([C@H]2CCCN2Cc2cnc(N3CCCC3)s2)on1. The second-order valence-electron chi connectivity index (χ2n) is 6.30. The van der Waals surface area contributed by atoms with E-state index < -0.39 is 0 Å². The van der Waals surface area contributed by atoms with Gasteiger partial charge in [0.15, 0.2) is 10.9 Å². The number of anilines is 1. The molecule has 1 atom stereocenters. The van der Waals surface area contributed by atoms with E-state index in [0.717, 1.165) is 44.1 Å². The van der Waals surface area contributed by atoms with Crippen molar-refractivity contribution in [1.82, 2.24) is 15.0 Å². The van der Waals surface area contributed by atoms with E-state index in [2.05, 4.69) is 32.2 Å². The minimum absolute atomic E-state index is 0.374. The zero-order valence-corrected chi connectivity index (χ0v) is 13.8. The van der Waals surface area contributed by atoms with Crippen LogP contribution >= 0.6 is 11.3 Å². The summed E-state index contributed by atoms with van der Waals surface area (Å²) in [7, 11) is 0. The first-order valence-electron chi connectivity index (χ1n) is 8.16. The molecule has 118 valence electrons. The molecule has 2 aliphatic rings. The fraction of sp³-hybridized carbons (Fsp3) is 0.625. The summed E-state index contributed by atoms with van der Waals surface area (Å²) >= 11 is 1.85. The quantitative estimate of drug-likeness (QED) is 0.865. The van der Waals surface area contributed by atoms with E-state index in [4.69, 9.17) is 4.52 Å². The Labute approximate surface area is 134 Å². The maximum atomic E-state index is 5.49. The van der Waals surface area contributed by atoms with E-state index in [1.54, 1.807) is 0 Å². The molecule has 0 spiro atoms. The lowest BCUT2D eigenvalue weighted by Gasteiger charge is -2.21. The summed E-state index contributed by atoms with van der Waals surface area (Å²) < 4.78 is 5.49. The maximum Gasteiger partial charge on any atom is 0.185 e. The van der Waals surface area contributed by atoms with Crippen molar-refractivity contribution < 1.29 is 4.52 Å². The first-order valence-corrected chi connectivity index (χ1v) is 8.98. The van der Waals surface area contributed by atoms with Gasteiger partial charge in [0.05, 0.1) is 11.7 Å². The number of hydrogen-bond donors (Lipinski definition) is 0. The van der Waals surface area contributed by atoms with E-state index in [-0.39, 0.29) is 0 Å². The van der Waals surface area contributed by atoms with E-state index in [9.17, 15) is 0 Å². The summed E-state index contributed by atoms with van der Waals surface area (Å²) in [6, 6.07) is 2.45. The molecule has 0 saturated carbocycles. The van der Waals surface area contributed by atoms with Gasteiger partial charge >= 0.3 is 0 Å². The smallest absolute Gasteiger partial charge is 0.185 e. The molecule has 22 heavy (non-hydrogen) atoms. The van der Waals surface area contributed by atoms with Crippen molar-refractivity contribution in [3.8, 4) is 0 Å². The zero-order chi connectivity index (χ0) is 14.9. The first-order chi connectivity index (χ1) is 10.8. The molecule has 4 rings (SSSR count). The van der Waals surface area contributed by atoms with Crippen LogP contribution in [0.3, 0.4) is 0 Å². The number of likely N-dealkylation sites (tertiary alicyclic amines) is 1. The van der Waals surface area contributed by atoms with Crippen LogP contribution in [0.4, 0.5) is 5.13 Å². The Morgan fingerprint density at radius 3 is 2.91 bits per heavy atom. The fourth-order valence-corrected chi connectivity index (χ4v) is 4.49. The monoisotopic (exact) mass is 318 g/mol. The number of aromatic nitrogens is 2. The highest BCUT2D eigenvalue weighted by Crippen LogP contribution is 2.35. The van der Waals surface area contributed by atoms with Crippen LogP contribution in [0.5, 0.6) is 0 Å². The van der Waals surface area contributed by atoms with E-state index >= 15 is 0 Å². The van der Waals surface area contributed by atoms with E-state index in [1.807, 2.05) is 18.3 Å². The molecule has 0 radical (unpaired) electrons. The van der Waals surface area contributed by atoms with E-state index in [1.165, 1.54) is 29.3 Å². The average molecular weight is 318 g/mol. The highest BCUT2D eigenvalue weighted by molar-refractivity contribution is 7.15. The molecule has 0 bridgehead atoms. The van der Waals surface area contributed by atoms with Gasteiger partial charge in [0.25, 0.3) is 0 Å². The minimum atomic E-state index is 0.374. The molecule has 5 nitrogen and oxygen atoms in total. The Hall–Kier alpha value is -1.40. The summed E-state index contributed by atoms with van der Waals surface area (Å²) in [5.41, 5.74) is 0.968. The van der Waals surface area contributed by atoms with Gasteiger partial charge < -0.3 is 9.42 Å². The lowest BCUT2D eigenvalue weighted by atomic mass is 10.1. The predicted molar refractivity (Wildman–Crippen MR) is 87.2 cm³/mol. The predicted octanol–water partition coefficient (Wildman–Crippen LogP) is 3.38. The topological polar surface area (TPSA) is 45.4 Å². The molecule has 0 unspecified atom stereocenters. The molecule has 2 aromatic heterocycles. The Bertz CT molecular complexity index is 632. The van der Waals surface area contributed by atoms with Crippen molar-refractivity contribution in [3.05, 3.63) is 28.6 Å². The number of aryl methyl sites for hydroxylation is 1. The molecule has 0 aliphatic carbocycles. The Balaban J connectivity index is 1.45. The van der Waals surface area contributed by atoms with Crippen molar-refractivity contribution in [2.75, 3.05) is 24.5 Å². The van der Waals surface area contributed by atoms with Crippen LogP contribution in [-0.4, -0.2) is 34.7 Å². The first kappa shape index (κ1) is 14.2. The highest BCUT2D eigenvalue weighted by Gasteiger charge is 2.29. The molecule has 0 aromatic carbocycles. The van der Waals surface area contributed by atoms with Gasteiger partial charge in [-0.3, -0.25) is 4.90 Å². The summed E-state index contributed by atoms with van der Waals surface area (Å²) in [5, 5.41) is 5.23. The Morgan fingerprint density at radius 1 is 1.27 bits per heavy atom. The van der Waals surface area contributed by atoms with Crippen LogP contribution in [-0.2, 0) is 6.54 Å². The largest absolute Gasteiger partial charge is 0.359 e. The minimum Gasteiger partial charge on any atom is -0.359 e. The lowest BCUT2D eigenvalue weighted by molar-refractivity contribution is 0.208. The number of nitrogens with zero attached hydrogens (tertiary/aromatic N) is 4. The van der Waals surface area contributed by atoms with Crippen LogP contribution in [0.15, 0.2) is 16.8 Å². The van der Waals surface area contributed by atoms with E-state index in [0.29, 0.717) is 6.04 Å². The maximum absolute atomic E-state index is 5.49. The van der Waals surface area contributed by atoms with Gasteiger partial charge in [-0.15, -0.1) is 11.3 Å². The van der Waals surface area contributed by atoms with Crippen LogP contribution < -0.4 is 4.90 Å². The van der Waals surface area contributed by atoms with Crippen molar-refractivity contribution in [1.29, 1.82) is 0 Å². The number of rotatable bonds is 4. The molecule has 2 aliphatic heterocycles. The normalized spacial score (nSPS) is 22.8. The Morgan fingerprint density at radius 2 is 2.14 bits per heavy atom. The van der Waals surface area contributed by atoms with Gasteiger partial charge in [-0.2, -0.15) is 0 Å². The molecule has 6 heteroatoms. The van der Waals surface area contributed by atoms with Gasteiger partial charge in [-0.1, -0.05) is 5.16 Å². The van der Waals surface area contributed by atoms with Gasteiger partial charge in [0.1, 0.15) is 0 Å². The molecular formula is C16H22N4OS. The van der Waals surface area contributed by atoms with Crippen molar-refractivity contribution in [3.63, 3.8) is 0 Å². The highest BCUT2D eigenvalue weighted by atomic mass is 32.1. The van der Waals surface area contributed by atoms with Crippen molar-refractivity contribution >= 4 is 16.5 Å². The standard InChI is InChI=1S/C16H22N4OS/c1-12-9-15(21-18-12)14-5-4-8-20(14)11-13-10-17-16(22-13)19-6-2-3-7-19/h9-10,14H,2-8,11H2,1H3/t14-/m1/s1. The van der Waals surface area contributed by atoms with Crippen LogP contribution in [0.1, 0.15) is 48.1 Å². The third kappa shape index (κ3) is 2.77. The molecule has 0 amide bonds. The van der Waals surface area contributed by atoms with Crippen molar-refractivity contribution in [2.45, 2.75) is 45.2 Å². The average Bonchev–Trinajstić information content (AvgIpc) is 3.26. The third-order valence-electron chi connectivity index (χ3n) is 4.62. The Kier molecular flexibility index (Phi) is 3.88. The zero-order valence-electron chi connectivity index (χ0n) is 13.0. The molecule has 2 aromatic rings. The summed E-state index contributed by atoms with van der Waals surface area (Å²) in [6.45, 7) is 6.41. The fourth-order valence-electron chi connectivity index (χ4n) is 3.50. The van der Waals surface area contributed by atoms with Gasteiger partial charge in [-0.25, -0.2) is 4.98 Å². The number of thiazole rings is 1. The van der Waals surface area contributed by atoms with Gasteiger partial charge in [0, 0.05) is 36.8 Å². The second-order valence-corrected chi connectivity index (χ2v) is 7.40. The van der Waals surface area contributed by atoms with Crippen molar-refractivity contribution in [2.24, 2.45) is 0 Å². The molecular weight excluding hydrogens is 296 g/mol. The molecule has 2 fully saturated rings. The summed E-state index contributed by atoms with van der Waals surface area (Å²) in [6.07, 6.45) is 7.04. The summed E-state index contributed by atoms with van der Waals surface area (Å²) in [5.74, 6) is 1.01. The van der Waals surface area contributed by atoms with Crippen LogP contribution in [0.25, 0.3) is 0 Å². The summed E-state index contributed by atoms with van der Waals surface area (Å²) in [4.78, 5) is 10.9. The molecule has 2 saturated heterocycles.